The first-order chi connectivity index (χ1) is 11.1. The third-order valence-corrected chi connectivity index (χ3v) is 3.50. The number of ether oxygens (including phenoxy) is 2. The lowest BCUT2D eigenvalue weighted by Gasteiger charge is -2.09. The summed E-state index contributed by atoms with van der Waals surface area (Å²) >= 11 is 0. The van der Waals surface area contributed by atoms with E-state index in [0.717, 1.165) is 0 Å². The van der Waals surface area contributed by atoms with Crippen LogP contribution < -0.4 is 20.3 Å². The van der Waals surface area contributed by atoms with Gasteiger partial charge in [-0.3, -0.25) is 9.59 Å². The zero-order chi connectivity index (χ0) is 16.4. The molecule has 0 radical (unpaired) electrons. The van der Waals surface area contributed by atoms with Gasteiger partial charge in [0.1, 0.15) is 5.76 Å². The van der Waals surface area contributed by atoms with Crippen LogP contribution in [-0.4, -0.2) is 14.2 Å². The van der Waals surface area contributed by atoms with Crippen molar-refractivity contribution in [3.05, 3.63) is 69.0 Å². The highest BCUT2D eigenvalue weighted by molar-refractivity contribution is 5.78. The maximum atomic E-state index is 12.3. The van der Waals surface area contributed by atoms with Crippen molar-refractivity contribution in [3.63, 3.8) is 0 Å². The van der Waals surface area contributed by atoms with Crippen LogP contribution in [0.2, 0.25) is 0 Å². The minimum absolute atomic E-state index is 0.0345. The van der Waals surface area contributed by atoms with Gasteiger partial charge >= 0.3 is 0 Å². The van der Waals surface area contributed by atoms with Crippen LogP contribution in [0, 0.1) is 0 Å². The van der Waals surface area contributed by atoms with E-state index in [2.05, 4.69) is 0 Å². The van der Waals surface area contributed by atoms with Crippen LogP contribution in [0.4, 0.5) is 0 Å². The van der Waals surface area contributed by atoms with Crippen molar-refractivity contribution in [2.24, 2.45) is 0 Å². The van der Waals surface area contributed by atoms with E-state index in [4.69, 9.17) is 13.9 Å². The Morgan fingerprint density at radius 2 is 1.57 bits per heavy atom. The quantitative estimate of drug-likeness (QED) is 0.744. The summed E-state index contributed by atoms with van der Waals surface area (Å²) in [6, 6.07) is 12.6. The summed E-state index contributed by atoms with van der Waals surface area (Å²) in [6.45, 7) is 0. The Labute approximate surface area is 131 Å². The van der Waals surface area contributed by atoms with Crippen LogP contribution in [0.1, 0.15) is 0 Å². The Bertz CT molecular complexity index is 988. The van der Waals surface area contributed by atoms with Crippen molar-refractivity contribution in [1.82, 2.24) is 0 Å². The molecule has 3 aromatic rings. The van der Waals surface area contributed by atoms with E-state index in [9.17, 15) is 9.59 Å². The maximum absolute atomic E-state index is 12.3. The maximum Gasteiger partial charge on any atom is 0.221 e. The van der Waals surface area contributed by atoms with Gasteiger partial charge in [0.25, 0.3) is 0 Å². The fourth-order valence-corrected chi connectivity index (χ4v) is 2.35. The molecule has 3 rings (SSSR count). The smallest absolute Gasteiger partial charge is 0.221 e. The summed E-state index contributed by atoms with van der Waals surface area (Å²) in [5.41, 5.74) is 0.0357. The summed E-state index contributed by atoms with van der Waals surface area (Å²) in [5.74, 6) is 1.37. The van der Waals surface area contributed by atoms with Crippen LogP contribution in [0.3, 0.4) is 0 Å². The van der Waals surface area contributed by atoms with Gasteiger partial charge in [-0.05, 0) is 30.3 Å². The van der Waals surface area contributed by atoms with Crippen molar-refractivity contribution in [1.29, 1.82) is 0 Å². The molecular formula is C18H14O5. The monoisotopic (exact) mass is 310 g/mol. The highest BCUT2D eigenvalue weighted by Crippen LogP contribution is 2.32. The van der Waals surface area contributed by atoms with Gasteiger partial charge in [-0.2, -0.15) is 0 Å². The number of hydrogen-bond donors (Lipinski definition) is 0. The van der Waals surface area contributed by atoms with E-state index in [0.29, 0.717) is 22.8 Å². The molecule has 1 heterocycles. The number of fused-ring (bicyclic) bond motifs is 1. The van der Waals surface area contributed by atoms with Crippen LogP contribution in [0.15, 0.2) is 62.5 Å². The minimum Gasteiger partial charge on any atom is -0.493 e. The first-order valence-electron chi connectivity index (χ1n) is 6.93. The SMILES string of the molecule is COc1ccc(-c2cc(=O)c3ccccc(=O)c3o2)cc1OC. The lowest BCUT2D eigenvalue weighted by Crippen LogP contribution is -2.05. The molecule has 23 heavy (non-hydrogen) atoms. The summed E-state index contributed by atoms with van der Waals surface area (Å²) in [6.07, 6.45) is 0. The molecule has 5 heteroatoms. The van der Waals surface area contributed by atoms with Crippen molar-refractivity contribution in [2.45, 2.75) is 0 Å². The summed E-state index contributed by atoms with van der Waals surface area (Å²) in [4.78, 5) is 24.3. The summed E-state index contributed by atoms with van der Waals surface area (Å²) in [7, 11) is 3.06. The minimum atomic E-state index is -0.343. The second kappa shape index (κ2) is 5.96. The van der Waals surface area contributed by atoms with E-state index in [1.54, 1.807) is 36.4 Å². The average molecular weight is 310 g/mol. The van der Waals surface area contributed by atoms with Gasteiger partial charge in [-0.15, -0.1) is 0 Å². The molecule has 116 valence electrons. The van der Waals surface area contributed by atoms with Gasteiger partial charge in [0.2, 0.25) is 5.43 Å². The molecule has 5 nitrogen and oxygen atoms in total. The molecule has 0 bridgehead atoms. The molecule has 0 aliphatic rings. The molecule has 0 atom stereocenters. The van der Waals surface area contributed by atoms with E-state index in [-0.39, 0.29) is 21.8 Å². The second-order valence-corrected chi connectivity index (χ2v) is 4.87. The lowest BCUT2D eigenvalue weighted by atomic mass is 10.1. The Hall–Kier alpha value is -3.08. The molecule has 0 saturated carbocycles. The zero-order valence-electron chi connectivity index (χ0n) is 12.7. The molecule has 0 spiro atoms. The average Bonchev–Trinajstić information content (AvgIpc) is 2.76. The highest BCUT2D eigenvalue weighted by Gasteiger charge is 2.11. The second-order valence-electron chi connectivity index (χ2n) is 4.87. The Morgan fingerprint density at radius 3 is 2.30 bits per heavy atom. The molecule has 2 aromatic carbocycles. The molecule has 0 aliphatic carbocycles. The molecule has 0 aliphatic heterocycles. The van der Waals surface area contributed by atoms with Gasteiger partial charge in [0, 0.05) is 11.6 Å². The van der Waals surface area contributed by atoms with Gasteiger partial charge in [-0.25, -0.2) is 0 Å². The number of hydrogen-bond acceptors (Lipinski definition) is 5. The van der Waals surface area contributed by atoms with Crippen molar-refractivity contribution < 1.29 is 13.9 Å². The normalized spacial score (nSPS) is 10.5. The fourth-order valence-electron chi connectivity index (χ4n) is 2.35. The van der Waals surface area contributed by atoms with Crippen molar-refractivity contribution in [3.8, 4) is 22.8 Å². The van der Waals surface area contributed by atoms with E-state index >= 15 is 0 Å². The van der Waals surface area contributed by atoms with Gasteiger partial charge in [0.15, 0.2) is 22.5 Å². The van der Waals surface area contributed by atoms with Crippen molar-refractivity contribution in [2.75, 3.05) is 14.2 Å². The first-order valence-corrected chi connectivity index (χ1v) is 6.93. The lowest BCUT2D eigenvalue weighted by molar-refractivity contribution is 0.355. The summed E-state index contributed by atoms with van der Waals surface area (Å²) < 4.78 is 16.1. The predicted molar refractivity (Wildman–Crippen MR) is 87.3 cm³/mol. The van der Waals surface area contributed by atoms with Gasteiger partial charge in [-0.1, -0.05) is 12.1 Å². The predicted octanol–water partition coefficient (Wildman–Crippen LogP) is 2.84. The number of methoxy groups -OCH3 is 2. The number of rotatable bonds is 3. The van der Waals surface area contributed by atoms with E-state index < -0.39 is 0 Å². The molecule has 0 saturated heterocycles. The largest absolute Gasteiger partial charge is 0.493 e. The van der Waals surface area contributed by atoms with Crippen LogP contribution in [0.5, 0.6) is 11.5 Å². The van der Waals surface area contributed by atoms with Crippen LogP contribution in [-0.2, 0) is 0 Å². The van der Waals surface area contributed by atoms with Crippen LogP contribution >= 0.6 is 0 Å². The van der Waals surface area contributed by atoms with Gasteiger partial charge < -0.3 is 13.9 Å². The Kier molecular flexibility index (Phi) is 3.85. The standard InChI is InChI=1S/C18H14O5/c1-21-15-8-7-11(9-17(15)22-2)16-10-14(20)12-5-3-4-6-13(19)18(12)23-16/h3-10H,1-2H3. The zero-order valence-corrected chi connectivity index (χ0v) is 12.7. The summed E-state index contributed by atoms with van der Waals surface area (Å²) in [5, 5.41) is 0.254. The van der Waals surface area contributed by atoms with Crippen LogP contribution in [0.25, 0.3) is 22.3 Å². The molecule has 0 N–H and O–H groups in total. The Morgan fingerprint density at radius 1 is 0.826 bits per heavy atom. The van der Waals surface area contributed by atoms with E-state index in [1.807, 2.05) is 0 Å². The molecule has 1 aromatic heterocycles. The van der Waals surface area contributed by atoms with Crippen molar-refractivity contribution >= 4 is 11.0 Å². The molecule has 0 amide bonds. The first kappa shape index (κ1) is 14.8. The fraction of sp³-hybridized carbons (Fsp3) is 0.111. The highest BCUT2D eigenvalue weighted by atomic mass is 16.5. The molecule has 0 fully saturated rings. The number of benzene rings is 1. The third kappa shape index (κ3) is 2.68. The molecule has 0 unspecified atom stereocenters. The van der Waals surface area contributed by atoms with E-state index in [1.165, 1.54) is 26.4 Å². The topological polar surface area (TPSA) is 65.7 Å². The molecular weight excluding hydrogens is 296 g/mol. The van der Waals surface area contributed by atoms with Gasteiger partial charge in [0.05, 0.1) is 19.6 Å². The Balaban J connectivity index is 2.28. The third-order valence-electron chi connectivity index (χ3n) is 3.50.